The van der Waals surface area contributed by atoms with Crippen molar-refractivity contribution in [2.45, 2.75) is 11.6 Å². The average molecular weight is 116 g/mol. The number of rotatable bonds is 0. The summed E-state index contributed by atoms with van der Waals surface area (Å²) in [6.45, 7) is 2.01. The van der Waals surface area contributed by atoms with Gasteiger partial charge in [-0.05, 0) is 12.3 Å². The van der Waals surface area contributed by atoms with Gasteiger partial charge in [0.25, 0.3) is 0 Å². The molecular weight excluding hydrogens is 107 g/mol. The van der Waals surface area contributed by atoms with Gasteiger partial charge in [0.15, 0.2) is 0 Å². The van der Waals surface area contributed by atoms with E-state index in [-0.39, 0.29) is 0 Å². The first-order valence-electron chi connectivity index (χ1n) is 2.68. The first-order valence-corrected chi connectivity index (χ1v) is 3.26. The minimum atomic E-state index is 0.556. The zero-order valence-corrected chi connectivity index (χ0v) is 5.34. The Morgan fingerprint density at radius 2 is 2.57 bits per heavy atom. The fourth-order valence-corrected chi connectivity index (χ4v) is 1.69. The van der Waals surface area contributed by atoms with E-state index in [1.807, 2.05) is 0 Å². The van der Waals surface area contributed by atoms with Gasteiger partial charge in [-0.25, -0.2) is 0 Å². The predicted molar refractivity (Wildman–Crippen MR) is 31.4 cm³/mol. The zero-order valence-electron chi connectivity index (χ0n) is 4.18. The summed E-state index contributed by atoms with van der Waals surface area (Å²) in [5.41, 5.74) is 0. The van der Waals surface area contributed by atoms with Crippen LogP contribution >= 0.6 is 9.24 Å². The first-order chi connectivity index (χ1) is 3.31. The molecule has 2 heteroatoms. The van der Waals surface area contributed by atoms with E-state index in [1.165, 1.54) is 6.42 Å². The van der Waals surface area contributed by atoms with Gasteiger partial charge in [0.1, 0.15) is 0 Å². The molecule has 0 aromatic rings. The molecule has 1 saturated heterocycles. The van der Waals surface area contributed by atoms with E-state index < -0.39 is 0 Å². The molecule has 40 valence electrons. The molecule has 0 aromatic heterocycles. The number of hydrogen-bond donors (Lipinski definition) is 0. The van der Waals surface area contributed by atoms with Crippen molar-refractivity contribution in [1.82, 2.24) is 0 Å². The van der Waals surface area contributed by atoms with E-state index in [2.05, 4.69) is 9.24 Å². The van der Waals surface area contributed by atoms with E-state index in [9.17, 15) is 0 Å². The molecule has 1 saturated carbocycles. The van der Waals surface area contributed by atoms with Gasteiger partial charge in [-0.3, -0.25) is 0 Å². The lowest BCUT2D eigenvalue weighted by Crippen LogP contribution is -2.00. The second-order valence-electron chi connectivity index (χ2n) is 2.65. The minimum Gasteiger partial charge on any atom is -0.380 e. The van der Waals surface area contributed by atoms with Crippen molar-refractivity contribution in [3.63, 3.8) is 0 Å². The van der Waals surface area contributed by atoms with Crippen LogP contribution in [0.25, 0.3) is 0 Å². The van der Waals surface area contributed by atoms with Crippen LogP contribution in [0.2, 0.25) is 0 Å². The van der Waals surface area contributed by atoms with E-state index in [1.54, 1.807) is 0 Å². The van der Waals surface area contributed by atoms with Gasteiger partial charge in [0, 0.05) is 5.16 Å². The van der Waals surface area contributed by atoms with E-state index in [0.29, 0.717) is 5.16 Å². The normalized spacial score (nSPS) is 57.0. The van der Waals surface area contributed by atoms with Gasteiger partial charge in [0.2, 0.25) is 0 Å². The molecule has 0 amide bonds. The maximum absolute atomic E-state index is 5.19. The molecule has 3 atom stereocenters. The molecule has 1 aliphatic carbocycles. The van der Waals surface area contributed by atoms with E-state index in [0.717, 1.165) is 19.1 Å². The Labute approximate surface area is 45.6 Å². The Balaban J connectivity index is 2.17. The van der Waals surface area contributed by atoms with Crippen LogP contribution in [0, 0.1) is 5.92 Å². The summed E-state index contributed by atoms with van der Waals surface area (Å²) >= 11 is 0. The lowest BCUT2D eigenvalue weighted by molar-refractivity contribution is 0.169. The summed E-state index contributed by atoms with van der Waals surface area (Å²) < 4.78 is 5.19. The highest BCUT2D eigenvalue weighted by molar-refractivity contribution is 7.19. The largest absolute Gasteiger partial charge is 0.380 e. The standard InChI is InChI=1S/C5H9OP/c7-5-1-4(5)2-6-3-5/h4H,1-3,7H2/t4-,5-/m0/s1. The Kier molecular flexibility index (Phi) is 0.634. The molecule has 0 radical (unpaired) electrons. The van der Waals surface area contributed by atoms with Crippen molar-refractivity contribution in [1.29, 1.82) is 0 Å². The maximum atomic E-state index is 5.19. The minimum absolute atomic E-state index is 0.556. The third kappa shape index (κ3) is 0.458. The monoisotopic (exact) mass is 116 g/mol. The summed E-state index contributed by atoms with van der Waals surface area (Å²) in [6, 6.07) is 0. The first kappa shape index (κ1) is 4.29. The molecule has 0 aromatic carbocycles. The molecule has 7 heavy (non-hydrogen) atoms. The van der Waals surface area contributed by atoms with E-state index >= 15 is 0 Å². The quantitative estimate of drug-likeness (QED) is 0.422. The van der Waals surface area contributed by atoms with Gasteiger partial charge in [-0.1, -0.05) is 0 Å². The number of hydrogen-bond acceptors (Lipinski definition) is 1. The van der Waals surface area contributed by atoms with Crippen LogP contribution < -0.4 is 0 Å². The topological polar surface area (TPSA) is 9.23 Å². The Morgan fingerprint density at radius 3 is 2.71 bits per heavy atom. The van der Waals surface area contributed by atoms with Crippen molar-refractivity contribution in [3.8, 4) is 0 Å². The molecule has 0 spiro atoms. The van der Waals surface area contributed by atoms with Crippen LogP contribution in [-0.2, 0) is 4.74 Å². The van der Waals surface area contributed by atoms with Gasteiger partial charge < -0.3 is 4.74 Å². The van der Waals surface area contributed by atoms with Crippen LogP contribution in [-0.4, -0.2) is 18.4 Å². The molecular formula is C5H9OP. The zero-order chi connectivity index (χ0) is 4.91. The summed E-state index contributed by atoms with van der Waals surface area (Å²) in [6.07, 6.45) is 1.39. The maximum Gasteiger partial charge on any atom is 0.0560 e. The van der Waals surface area contributed by atoms with Gasteiger partial charge in [-0.2, -0.15) is 0 Å². The van der Waals surface area contributed by atoms with Crippen LogP contribution in [0.3, 0.4) is 0 Å². The second-order valence-corrected chi connectivity index (χ2v) is 3.80. The summed E-state index contributed by atoms with van der Waals surface area (Å²) in [5, 5.41) is 0.556. The van der Waals surface area contributed by atoms with Crippen LogP contribution in [0.4, 0.5) is 0 Å². The molecule has 2 fully saturated rings. The molecule has 2 rings (SSSR count). The van der Waals surface area contributed by atoms with Crippen molar-refractivity contribution in [2.75, 3.05) is 13.2 Å². The summed E-state index contributed by atoms with van der Waals surface area (Å²) in [4.78, 5) is 0. The fraction of sp³-hybridized carbons (Fsp3) is 1.00. The Hall–Kier alpha value is 0.390. The van der Waals surface area contributed by atoms with Crippen molar-refractivity contribution < 1.29 is 4.74 Å². The lowest BCUT2D eigenvalue weighted by Gasteiger charge is -1.96. The SMILES string of the molecule is P[C@@]12COC[C@@H]1C2. The molecule has 2 aliphatic rings. The highest BCUT2D eigenvalue weighted by atomic mass is 31.0. The Morgan fingerprint density at radius 1 is 1.71 bits per heavy atom. The van der Waals surface area contributed by atoms with Crippen LogP contribution in [0.15, 0.2) is 0 Å². The fourth-order valence-electron chi connectivity index (χ4n) is 1.19. The summed E-state index contributed by atoms with van der Waals surface area (Å²) in [5.74, 6) is 0.900. The van der Waals surface area contributed by atoms with Gasteiger partial charge in [0.05, 0.1) is 13.2 Å². The van der Waals surface area contributed by atoms with E-state index in [4.69, 9.17) is 4.74 Å². The van der Waals surface area contributed by atoms with Gasteiger partial charge >= 0.3 is 0 Å². The molecule has 1 unspecified atom stereocenters. The molecule has 0 N–H and O–H groups in total. The third-order valence-electron chi connectivity index (χ3n) is 1.97. The summed E-state index contributed by atoms with van der Waals surface area (Å²) in [7, 11) is 2.88. The average Bonchev–Trinajstić information content (AvgIpc) is 2.09. The molecule has 1 aliphatic heterocycles. The highest BCUT2D eigenvalue weighted by Gasteiger charge is 2.54. The third-order valence-corrected chi connectivity index (χ3v) is 2.84. The lowest BCUT2D eigenvalue weighted by atomic mass is 10.4. The van der Waals surface area contributed by atoms with Crippen LogP contribution in [0.5, 0.6) is 0 Å². The smallest absolute Gasteiger partial charge is 0.0560 e. The highest BCUT2D eigenvalue weighted by Crippen LogP contribution is 2.55. The van der Waals surface area contributed by atoms with Crippen molar-refractivity contribution >= 4 is 9.24 Å². The van der Waals surface area contributed by atoms with Gasteiger partial charge in [-0.15, -0.1) is 9.24 Å². The molecule has 1 nitrogen and oxygen atoms in total. The molecule has 0 bridgehead atoms. The van der Waals surface area contributed by atoms with Crippen LogP contribution in [0.1, 0.15) is 6.42 Å². The predicted octanol–water partition coefficient (Wildman–Crippen LogP) is 0.650. The molecule has 1 heterocycles. The number of ether oxygens (including phenoxy) is 1. The van der Waals surface area contributed by atoms with Crippen molar-refractivity contribution in [2.24, 2.45) is 5.92 Å². The second kappa shape index (κ2) is 1.04. The van der Waals surface area contributed by atoms with Crippen molar-refractivity contribution in [3.05, 3.63) is 0 Å². The number of fused-ring (bicyclic) bond motifs is 1. The Bertz CT molecular complexity index is 102.